The Hall–Kier alpha value is -3.17. The maximum Gasteiger partial charge on any atom is 0.320 e. The second-order valence-corrected chi connectivity index (χ2v) is 19.0. The second kappa shape index (κ2) is 11.9. The molecule has 1 aromatic rings. The van der Waals surface area contributed by atoms with Crippen molar-refractivity contribution in [2.24, 2.45) is 57.8 Å². The number of Topliss-reactive ketones (excluding diaryl/α,β-unsaturated/α-hetero) is 1. The van der Waals surface area contributed by atoms with Crippen LogP contribution in [0.5, 0.6) is 0 Å². The Balaban J connectivity index is 1.28. The van der Waals surface area contributed by atoms with Crippen molar-refractivity contribution >= 4 is 29.4 Å². The van der Waals surface area contributed by atoms with Crippen LogP contribution in [0.4, 0.5) is 10.5 Å². The van der Waals surface area contributed by atoms with Crippen molar-refractivity contribution in [3.8, 4) is 0 Å². The molecule has 2 amide bonds. The van der Waals surface area contributed by atoms with Crippen LogP contribution in [0.1, 0.15) is 127 Å². The van der Waals surface area contributed by atoms with Crippen molar-refractivity contribution in [2.45, 2.75) is 138 Å². The zero-order valence-electron chi connectivity index (χ0n) is 32.0. The van der Waals surface area contributed by atoms with E-state index in [9.17, 15) is 24.3 Å². The lowest BCUT2D eigenvalue weighted by Gasteiger charge is -2.72. The summed E-state index contributed by atoms with van der Waals surface area (Å²) < 4.78 is 7.79. The largest absolute Gasteiger partial charge is 0.481 e. The van der Waals surface area contributed by atoms with Crippen molar-refractivity contribution in [1.29, 1.82) is 0 Å². The Kier molecular flexibility index (Phi) is 8.74. The number of hydrogen-bond acceptors (Lipinski definition) is 6. The number of nitrogens with zero attached hydrogens (tertiary/aromatic N) is 2. The van der Waals surface area contributed by atoms with Gasteiger partial charge in [-0.05, 0) is 116 Å². The van der Waals surface area contributed by atoms with Gasteiger partial charge in [-0.1, -0.05) is 48.5 Å². The van der Waals surface area contributed by atoms with Crippen LogP contribution < -0.4 is 10.6 Å². The summed E-state index contributed by atoms with van der Waals surface area (Å²) in [5.41, 5.74) is 0.655. The first-order chi connectivity index (χ1) is 23.1. The number of allylic oxidation sites excluding steroid dienone is 1. The smallest absolute Gasteiger partial charge is 0.320 e. The van der Waals surface area contributed by atoms with Crippen LogP contribution in [0.15, 0.2) is 23.5 Å². The molecule has 4 saturated carbocycles. The number of aryl methyl sites for hydroxylation is 1. The minimum atomic E-state index is -1.17. The van der Waals surface area contributed by atoms with Crippen molar-refractivity contribution < 1.29 is 29.0 Å². The zero-order valence-corrected chi connectivity index (χ0v) is 32.0. The Morgan fingerprint density at radius 3 is 2.32 bits per heavy atom. The van der Waals surface area contributed by atoms with Gasteiger partial charge in [-0.2, -0.15) is 5.10 Å². The number of nitrogens with one attached hydrogen (secondary N) is 2. The van der Waals surface area contributed by atoms with Crippen molar-refractivity contribution in [3.05, 3.63) is 23.5 Å². The molecule has 6 rings (SSSR count). The summed E-state index contributed by atoms with van der Waals surface area (Å²) >= 11 is 0. The molecule has 10 heteroatoms. The Morgan fingerprint density at radius 2 is 1.70 bits per heavy atom. The number of urea groups is 1. The van der Waals surface area contributed by atoms with E-state index in [0.717, 1.165) is 56.9 Å². The number of fused-ring (bicyclic) bond motifs is 7. The van der Waals surface area contributed by atoms with E-state index in [4.69, 9.17) is 4.74 Å². The van der Waals surface area contributed by atoms with Gasteiger partial charge in [-0.25, -0.2) is 4.79 Å². The minimum Gasteiger partial charge on any atom is -0.481 e. The topological polar surface area (TPSA) is 140 Å². The quantitative estimate of drug-likeness (QED) is 0.249. The van der Waals surface area contributed by atoms with E-state index in [1.54, 1.807) is 30.9 Å². The molecule has 0 aliphatic heterocycles. The van der Waals surface area contributed by atoms with Gasteiger partial charge in [0, 0.05) is 25.1 Å². The van der Waals surface area contributed by atoms with Gasteiger partial charge < -0.3 is 20.5 Å². The van der Waals surface area contributed by atoms with Crippen LogP contribution >= 0.6 is 0 Å². The molecule has 1 heterocycles. The van der Waals surface area contributed by atoms with Crippen molar-refractivity contribution in [1.82, 2.24) is 15.1 Å². The highest BCUT2D eigenvalue weighted by Gasteiger charge is 2.70. The molecule has 276 valence electrons. The lowest BCUT2D eigenvalue weighted by atomic mass is 9.33. The number of carbonyl (C=O) groups is 4. The number of aromatic nitrogens is 2. The summed E-state index contributed by atoms with van der Waals surface area (Å²) in [5, 5.41) is 20.1. The molecule has 0 aromatic carbocycles. The Morgan fingerprint density at radius 1 is 1.00 bits per heavy atom. The van der Waals surface area contributed by atoms with Gasteiger partial charge in [0.1, 0.15) is 6.10 Å². The molecule has 5 aliphatic carbocycles. The molecule has 0 bridgehead atoms. The summed E-state index contributed by atoms with van der Waals surface area (Å²) in [4.78, 5) is 52.2. The molecular formula is C40H60N4O6. The molecule has 50 heavy (non-hydrogen) atoms. The van der Waals surface area contributed by atoms with Gasteiger partial charge in [0.15, 0.2) is 5.78 Å². The Bertz CT molecular complexity index is 1620. The number of rotatable bonds is 7. The molecule has 0 spiro atoms. The molecule has 0 saturated heterocycles. The van der Waals surface area contributed by atoms with Crippen LogP contribution in [0.3, 0.4) is 0 Å². The molecule has 5 aliphatic rings. The summed E-state index contributed by atoms with van der Waals surface area (Å²) in [6, 6.07) is -0.295. The van der Waals surface area contributed by atoms with Gasteiger partial charge in [0.25, 0.3) is 0 Å². The van der Waals surface area contributed by atoms with Crippen LogP contribution in [0, 0.1) is 50.7 Å². The molecule has 4 fully saturated rings. The predicted octanol–water partition coefficient (Wildman–Crippen LogP) is 7.69. The fraction of sp³-hybridized carbons (Fsp3) is 0.775. The maximum atomic E-state index is 13.9. The number of ketones is 1. The minimum absolute atomic E-state index is 0.0249. The predicted molar refractivity (Wildman–Crippen MR) is 191 cm³/mol. The normalized spacial score (nSPS) is 37.7. The van der Waals surface area contributed by atoms with Crippen LogP contribution in [0.25, 0.3) is 0 Å². The lowest BCUT2D eigenvalue weighted by molar-refractivity contribution is -0.232. The first-order valence-corrected chi connectivity index (χ1v) is 18.9. The molecule has 3 N–H and O–H groups in total. The summed E-state index contributed by atoms with van der Waals surface area (Å²) in [7, 11) is 1.81. The maximum absolute atomic E-state index is 13.9. The van der Waals surface area contributed by atoms with Crippen molar-refractivity contribution in [2.75, 3.05) is 5.32 Å². The lowest BCUT2D eigenvalue weighted by Crippen LogP contribution is -2.67. The molecule has 0 unspecified atom stereocenters. The SMILES string of the molecule is CC(C)C1=C2[C@H]3CC[C@@H]4[C@@]5(C)CC[C@H](OC(=O)CC(C)(C)C(=O)O)C(C)(C)[C@@H]5CC[C@@]4(C)[C@]3(C)CC[C@@]2(NC(=O)Nc2cnn(C)c2)CC1=O. The van der Waals surface area contributed by atoms with Gasteiger partial charge in [0.05, 0.1) is 29.3 Å². The number of esters is 1. The number of aliphatic carboxylic acids is 1. The molecule has 10 nitrogen and oxygen atoms in total. The summed E-state index contributed by atoms with van der Waals surface area (Å²) in [5.74, 6) is -0.168. The van der Waals surface area contributed by atoms with E-state index in [0.29, 0.717) is 23.9 Å². The third-order valence-electron chi connectivity index (χ3n) is 15.1. The molecule has 8 atom stereocenters. The highest BCUT2D eigenvalue weighted by molar-refractivity contribution is 6.03. The molecular weight excluding hydrogens is 632 g/mol. The van der Waals surface area contributed by atoms with Crippen molar-refractivity contribution in [3.63, 3.8) is 0 Å². The van der Waals surface area contributed by atoms with Gasteiger partial charge >= 0.3 is 18.0 Å². The number of carbonyl (C=O) groups excluding carboxylic acids is 3. The van der Waals surface area contributed by atoms with E-state index < -0.39 is 22.9 Å². The first-order valence-electron chi connectivity index (χ1n) is 18.9. The van der Waals surface area contributed by atoms with E-state index in [1.165, 1.54) is 5.57 Å². The number of amides is 2. The van der Waals surface area contributed by atoms with E-state index in [2.05, 4.69) is 64.2 Å². The van der Waals surface area contributed by atoms with E-state index >= 15 is 0 Å². The molecule has 1 aromatic heterocycles. The van der Waals surface area contributed by atoms with E-state index in [1.807, 2.05) is 7.05 Å². The third kappa shape index (κ3) is 5.44. The highest BCUT2D eigenvalue weighted by Crippen LogP contribution is 2.76. The number of carboxylic acids is 1. The van der Waals surface area contributed by atoms with Crippen LogP contribution in [0.2, 0.25) is 0 Å². The number of carboxylic acid groups (broad SMARTS) is 1. The monoisotopic (exact) mass is 692 g/mol. The highest BCUT2D eigenvalue weighted by atomic mass is 16.5. The average Bonchev–Trinajstić information content (AvgIpc) is 3.53. The number of anilines is 1. The van der Waals surface area contributed by atoms with Crippen LogP contribution in [-0.2, 0) is 26.2 Å². The summed E-state index contributed by atoms with van der Waals surface area (Å²) in [6.45, 7) is 19.4. The third-order valence-corrected chi connectivity index (χ3v) is 15.1. The molecule has 0 radical (unpaired) electrons. The Labute approximate surface area is 297 Å². The van der Waals surface area contributed by atoms with E-state index in [-0.39, 0.29) is 57.8 Å². The first kappa shape index (κ1) is 36.6. The fourth-order valence-corrected chi connectivity index (χ4v) is 12.4. The van der Waals surface area contributed by atoms with Gasteiger partial charge in [-0.3, -0.25) is 19.1 Å². The fourth-order valence-electron chi connectivity index (χ4n) is 12.4. The standard InChI is InChI=1S/C40H60N4O6/c1-23(2)31-26(45)19-40(43-34(49)42-24-21-41-44(10)22-24)18-17-38(8)25(32(31)40)11-12-28-37(7)15-14-29(50-30(46)20-35(3,4)33(47)48)36(5,6)27(37)13-16-39(28,38)9/h21-23,25,27-29H,11-20H2,1-10H3,(H,47,48)(H2,42,43,49)/t25-,27+,28-,29+,37+,38-,39-,40-/m1/s1. The van der Waals surface area contributed by atoms with Crippen LogP contribution in [-0.4, -0.2) is 50.3 Å². The zero-order chi connectivity index (χ0) is 36.8. The summed E-state index contributed by atoms with van der Waals surface area (Å²) in [6.07, 6.45) is 10.8. The van der Waals surface area contributed by atoms with Gasteiger partial charge in [-0.15, -0.1) is 0 Å². The van der Waals surface area contributed by atoms with Gasteiger partial charge in [0.2, 0.25) is 0 Å². The number of ether oxygens (including phenoxy) is 1. The second-order valence-electron chi connectivity index (χ2n) is 19.0. The average molecular weight is 693 g/mol. The number of hydrogen-bond donors (Lipinski definition) is 3.